The maximum absolute atomic E-state index is 11.8. The van der Waals surface area contributed by atoms with Crippen molar-refractivity contribution in [3.05, 3.63) is 0 Å². The van der Waals surface area contributed by atoms with Crippen molar-refractivity contribution in [1.29, 1.82) is 0 Å². The lowest BCUT2D eigenvalue weighted by Crippen LogP contribution is -2.47. The Labute approximate surface area is 108 Å². The van der Waals surface area contributed by atoms with Gasteiger partial charge in [0.05, 0.1) is 11.8 Å². The Hall–Kier alpha value is -0.660. The molecule has 1 aliphatic rings. The summed E-state index contributed by atoms with van der Waals surface area (Å²) in [6.45, 7) is 0.0591. The smallest absolute Gasteiger partial charge is 0.237 e. The van der Waals surface area contributed by atoms with Crippen molar-refractivity contribution in [2.45, 2.75) is 37.8 Å². The third-order valence-corrected chi connectivity index (χ3v) is 4.33. The van der Waals surface area contributed by atoms with Crippen molar-refractivity contribution >= 4 is 15.7 Å². The van der Waals surface area contributed by atoms with E-state index in [1.54, 1.807) is 0 Å². The maximum Gasteiger partial charge on any atom is 0.237 e. The molecule has 0 heterocycles. The van der Waals surface area contributed by atoms with Crippen LogP contribution in [0.3, 0.4) is 0 Å². The van der Waals surface area contributed by atoms with Gasteiger partial charge in [0, 0.05) is 24.8 Å². The van der Waals surface area contributed by atoms with Crippen molar-refractivity contribution < 1.29 is 18.3 Å². The molecule has 0 bridgehead atoms. The lowest BCUT2D eigenvalue weighted by molar-refractivity contribution is -0.123. The van der Waals surface area contributed by atoms with Crippen LogP contribution in [0.1, 0.15) is 25.7 Å². The van der Waals surface area contributed by atoms with Gasteiger partial charge in [0.1, 0.15) is 9.84 Å². The normalized spacial score (nSPS) is 25.9. The van der Waals surface area contributed by atoms with E-state index in [1.165, 1.54) is 0 Å². The van der Waals surface area contributed by atoms with Gasteiger partial charge in [-0.1, -0.05) is 6.42 Å². The van der Waals surface area contributed by atoms with E-state index in [0.717, 1.165) is 25.5 Å². The molecule has 0 aliphatic heterocycles. The first-order chi connectivity index (χ1) is 8.33. The Bertz CT molecular complexity index is 383. The number of hydrogen-bond donors (Lipinski definition) is 3. The van der Waals surface area contributed by atoms with Crippen molar-refractivity contribution in [2.24, 2.45) is 11.7 Å². The number of nitrogens with one attached hydrogen (secondary N) is 1. The van der Waals surface area contributed by atoms with Crippen LogP contribution >= 0.6 is 0 Å². The average Bonchev–Trinajstić information content (AvgIpc) is 2.72. The summed E-state index contributed by atoms with van der Waals surface area (Å²) in [6.07, 6.45) is 3.97. The zero-order valence-corrected chi connectivity index (χ0v) is 11.4. The Kier molecular flexibility index (Phi) is 5.55. The highest BCUT2D eigenvalue weighted by Crippen LogP contribution is 2.25. The zero-order valence-electron chi connectivity index (χ0n) is 10.6. The molecule has 0 radical (unpaired) electrons. The largest absolute Gasteiger partial charge is 0.396 e. The summed E-state index contributed by atoms with van der Waals surface area (Å²) in [4.78, 5) is 11.8. The lowest BCUT2D eigenvalue weighted by atomic mass is 10.0. The van der Waals surface area contributed by atoms with Gasteiger partial charge in [0.2, 0.25) is 5.91 Å². The topological polar surface area (TPSA) is 109 Å². The molecule has 1 fully saturated rings. The van der Waals surface area contributed by atoms with E-state index in [4.69, 9.17) is 10.8 Å². The van der Waals surface area contributed by atoms with Crippen molar-refractivity contribution in [3.63, 3.8) is 0 Å². The quantitative estimate of drug-likeness (QED) is 0.579. The zero-order chi connectivity index (χ0) is 13.8. The van der Waals surface area contributed by atoms with Gasteiger partial charge >= 0.3 is 0 Å². The molecule has 6 nitrogen and oxygen atoms in total. The third-order valence-electron chi connectivity index (χ3n) is 3.36. The van der Waals surface area contributed by atoms with Crippen molar-refractivity contribution in [1.82, 2.24) is 5.32 Å². The number of carbonyl (C=O) groups excluding carboxylic acids is 1. The summed E-state index contributed by atoms with van der Waals surface area (Å²) < 4.78 is 22.0. The molecule has 3 atom stereocenters. The fourth-order valence-corrected chi connectivity index (χ4v) is 2.89. The predicted octanol–water partition coefficient (Wildman–Crippen LogP) is -0.974. The fraction of sp³-hybridized carbons (Fsp3) is 0.909. The van der Waals surface area contributed by atoms with E-state index in [1.807, 2.05) is 0 Å². The van der Waals surface area contributed by atoms with Crippen LogP contribution in [0.5, 0.6) is 0 Å². The number of aliphatic hydroxyl groups excluding tert-OH is 1. The highest BCUT2D eigenvalue weighted by molar-refractivity contribution is 7.90. The minimum atomic E-state index is -3.10. The van der Waals surface area contributed by atoms with Gasteiger partial charge in [0.25, 0.3) is 0 Å². The molecule has 0 aromatic heterocycles. The average molecular weight is 278 g/mol. The van der Waals surface area contributed by atoms with Gasteiger partial charge in [-0.2, -0.15) is 0 Å². The van der Waals surface area contributed by atoms with E-state index in [9.17, 15) is 13.2 Å². The summed E-state index contributed by atoms with van der Waals surface area (Å²) in [7, 11) is -3.10. The molecule has 0 aromatic rings. The Morgan fingerprint density at radius 1 is 1.50 bits per heavy atom. The molecule has 0 aromatic carbocycles. The van der Waals surface area contributed by atoms with E-state index >= 15 is 0 Å². The summed E-state index contributed by atoms with van der Waals surface area (Å²) >= 11 is 0. The highest BCUT2D eigenvalue weighted by atomic mass is 32.2. The Morgan fingerprint density at radius 3 is 2.72 bits per heavy atom. The number of nitrogens with two attached hydrogens (primary N) is 1. The van der Waals surface area contributed by atoms with E-state index in [-0.39, 0.29) is 36.6 Å². The molecule has 0 saturated heterocycles. The molecule has 1 saturated carbocycles. The van der Waals surface area contributed by atoms with Crippen LogP contribution in [0.4, 0.5) is 0 Å². The van der Waals surface area contributed by atoms with Crippen LogP contribution < -0.4 is 11.1 Å². The highest BCUT2D eigenvalue weighted by Gasteiger charge is 2.29. The van der Waals surface area contributed by atoms with Crippen LogP contribution in [-0.2, 0) is 14.6 Å². The minimum Gasteiger partial charge on any atom is -0.396 e. The number of hydrogen-bond acceptors (Lipinski definition) is 5. The Balaban J connectivity index is 2.40. The SMILES string of the molecule is CS(=O)(=O)CCC(N)C(=O)NC1CCCC1CO. The second kappa shape index (κ2) is 6.49. The van der Waals surface area contributed by atoms with Crippen LogP contribution in [-0.4, -0.2) is 50.1 Å². The first-order valence-corrected chi connectivity index (χ1v) is 8.24. The molecular weight excluding hydrogens is 256 g/mol. The standard InChI is InChI=1S/C11H22N2O4S/c1-18(16,17)6-5-9(12)11(15)13-10-4-2-3-8(10)7-14/h8-10,14H,2-7,12H2,1H3,(H,13,15). The monoisotopic (exact) mass is 278 g/mol. The van der Waals surface area contributed by atoms with Crippen LogP contribution in [0, 0.1) is 5.92 Å². The molecular formula is C11H22N2O4S. The summed E-state index contributed by atoms with van der Waals surface area (Å²) in [5, 5.41) is 11.9. The van der Waals surface area contributed by atoms with Gasteiger partial charge in [-0.05, 0) is 19.3 Å². The lowest BCUT2D eigenvalue weighted by Gasteiger charge is -2.21. The molecule has 7 heteroatoms. The number of aliphatic hydroxyl groups is 1. The van der Waals surface area contributed by atoms with E-state index in [2.05, 4.69) is 5.32 Å². The number of amides is 1. The molecule has 0 spiro atoms. The summed E-state index contributed by atoms with van der Waals surface area (Å²) in [5.41, 5.74) is 5.65. The second-order valence-corrected chi connectivity index (χ2v) is 7.27. The first-order valence-electron chi connectivity index (χ1n) is 6.18. The van der Waals surface area contributed by atoms with E-state index in [0.29, 0.717) is 0 Å². The minimum absolute atomic E-state index is 0.0354. The van der Waals surface area contributed by atoms with Gasteiger partial charge < -0.3 is 16.2 Å². The Morgan fingerprint density at radius 2 is 2.17 bits per heavy atom. The van der Waals surface area contributed by atoms with E-state index < -0.39 is 15.9 Å². The molecule has 18 heavy (non-hydrogen) atoms. The van der Waals surface area contributed by atoms with Crippen LogP contribution in [0.25, 0.3) is 0 Å². The van der Waals surface area contributed by atoms with Crippen molar-refractivity contribution in [2.75, 3.05) is 18.6 Å². The summed E-state index contributed by atoms with van der Waals surface area (Å²) in [6, 6.07) is -0.841. The fourth-order valence-electron chi connectivity index (χ4n) is 2.21. The molecule has 1 aliphatic carbocycles. The molecule has 1 rings (SSSR count). The number of rotatable bonds is 6. The van der Waals surface area contributed by atoms with Gasteiger partial charge in [-0.15, -0.1) is 0 Å². The molecule has 106 valence electrons. The van der Waals surface area contributed by atoms with Crippen LogP contribution in [0.2, 0.25) is 0 Å². The maximum atomic E-state index is 11.8. The molecule has 3 unspecified atom stereocenters. The predicted molar refractivity (Wildman–Crippen MR) is 68.7 cm³/mol. The third kappa shape index (κ3) is 4.91. The van der Waals surface area contributed by atoms with Gasteiger partial charge in [0.15, 0.2) is 0 Å². The first kappa shape index (κ1) is 15.4. The summed E-state index contributed by atoms with van der Waals surface area (Å²) in [5.74, 6) is -0.324. The van der Waals surface area contributed by atoms with Gasteiger partial charge in [-0.25, -0.2) is 8.42 Å². The molecule has 4 N–H and O–H groups in total. The number of sulfone groups is 1. The van der Waals surface area contributed by atoms with Gasteiger partial charge in [-0.3, -0.25) is 4.79 Å². The van der Waals surface area contributed by atoms with Crippen molar-refractivity contribution in [3.8, 4) is 0 Å². The number of carbonyl (C=O) groups is 1. The second-order valence-electron chi connectivity index (χ2n) is 5.01. The molecule has 1 amide bonds. The van der Waals surface area contributed by atoms with Crippen LogP contribution in [0.15, 0.2) is 0 Å².